The third-order valence-corrected chi connectivity index (χ3v) is 2.72. The molecule has 0 aromatic heterocycles. The lowest BCUT2D eigenvalue weighted by Crippen LogP contribution is -2.33. The number of nitro benzene ring substituents is 1. The van der Waals surface area contributed by atoms with E-state index >= 15 is 0 Å². The minimum atomic E-state index is -0.793. The van der Waals surface area contributed by atoms with Gasteiger partial charge < -0.3 is 15.4 Å². The second-order valence-electron chi connectivity index (χ2n) is 4.21. The molecule has 7 nitrogen and oxygen atoms in total. The quantitative estimate of drug-likeness (QED) is 0.579. The van der Waals surface area contributed by atoms with Gasteiger partial charge in [0.25, 0.3) is 5.91 Å². The minimum absolute atomic E-state index is 0.0892. The molecule has 7 heteroatoms. The number of hydrogen-bond donors (Lipinski definition) is 2. The highest BCUT2D eigenvalue weighted by Crippen LogP contribution is 2.28. The molecule has 0 aliphatic heterocycles. The summed E-state index contributed by atoms with van der Waals surface area (Å²) >= 11 is 0. The number of ether oxygens (including phenoxy) is 1. The fourth-order valence-corrected chi connectivity index (χ4v) is 1.63. The molecule has 0 aliphatic rings. The number of rotatable bonds is 7. The van der Waals surface area contributed by atoms with Crippen LogP contribution in [-0.4, -0.2) is 30.5 Å². The van der Waals surface area contributed by atoms with Crippen molar-refractivity contribution in [3.63, 3.8) is 0 Å². The van der Waals surface area contributed by atoms with Gasteiger partial charge in [-0.1, -0.05) is 13.0 Å². The zero-order chi connectivity index (χ0) is 15.1. The highest BCUT2D eigenvalue weighted by atomic mass is 16.6. The van der Waals surface area contributed by atoms with Crippen LogP contribution in [0.15, 0.2) is 18.2 Å². The number of benzene rings is 1. The smallest absolute Gasteiger partial charge is 0.311 e. The number of hydrogen-bond acceptors (Lipinski definition) is 5. The van der Waals surface area contributed by atoms with E-state index in [-0.39, 0.29) is 17.3 Å². The van der Waals surface area contributed by atoms with Crippen molar-refractivity contribution in [2.24, 2.45) is 0 Å². The molecular weight excluding hydrogens is 262 g/mol. The number of nitrogens with one attached hydrogen (secondary N) is 2. The lowest BCUT2D eigenvalue weighted by atomic mass is 10.2. The first-order chi connectivity index (χ1) is 9.49. The molecule has 0 bridgehead atoms. The first kappa shape index (κ1) is 15.9. The van der Waals surface area contributed by atoms with Crippen LogP contribution in [0.1, 0.15) is 19.4 Å². The third kappa shape index (κ3) is 4.20. The van der Waals surface area contributed by atoms with E-state index < -0.39 is 11.0 Å². The summed E-state index contributed by atoms with van der Waals surface area (Å²) < 4.78 is 5.34. The molecule has 0 radical (unpaired) electrons. The van der Waals surface area contributed by atoms with Gasteiger partial charge in [0.1, 0.15) is 0 Å². The summed E-state index contributed by atoms with van der Waals surface area (Å²) in [4.78, 5) is 22.0. The van der Waals surface area contributed by atoms with Gasteiger partial charge in [0, 0.05) is 19.7 Å². The fraction of sp³-hybridized carbons (Fsp3) is 0.462. The van der Waals surface area contributed by atoms with Crippen molar-refractivity contribution in [2.75, 3.05) is 13.6 Å². The molecule has 1 amide bonds. The SMILES string of the molecule is CCNCc1ccc(OC(C)C(=O)NC)c([N+](=O)[O-])c1. The molecule has 1 atom stereocenters. The summed E-state index contributed by atoms with van der Waals surface area (Å²) in [6.07, 6.45) is -0.793. The number of amides is 1. The van der Waals surface area contributed by atoms with Gasteiger partial charge in [0.15, 0.2) is 11.9 Å². The maximum atomic E-state index is 11.4. The first-order valence-corrected chi connectivity index (χ1v) is 6.35. The average Bonchev–Trinajstić information content (AvgIpc) is 2.44. The molecule has 1 rings (SSSR count). The van der Waals surface area contributed by atoms with Crippen LogP contribution in [0.25, 0.3) is 0 Å². The zero-order valence-corrected chi connectivity index (χ0v) is 11.8. The van der Waals surface area contributed by atoms with Gasteiger partial charge in [0.05, 0.1) is 4.92 Å². The molecule has 1 aromatic rings. The number of carbonyl (C=O) groups excluding carboxylic acids is 1. The van der Waals surface area contributed by atoms with Crippen LogP contribution in [0, 0.1) is 10.1 Å². The van der Waals surface area contributed by atoms with E-state index in [9.17, 15) is 14.9 Å². The van der Waals surface area contributed by atoms with E-state index in [0.29, 0.717) is 6.54 Å². The van der Waals surface area contributed by atoms with Crippen molar-refractivity contribution in [3.05, 3.63) is 33.9 Å². The first-order valence-electron chi connectivity index (χ1n) is 6.35. The maximum Gasteiger partial charge on any atom is 0.311 e. The molecular formula is C13H19N3O4. The number of nitrogens with zero attached hydrogens (tertiary/aromatic N) is 1. The van der Waals surface area contributed by atoms with Crippen LogP contribution in [0.3, 0.4) is 0 Å². The summed E-state index contributed by atoms with van der Waals surface area (Å²) in [5.74, 6) is -0.248. The topological polar surface area (TPSA) is 93.5 Å². The van der Waals surface area contributed by atoms with Gasteiger partial charge >= 0.3 is 5.69 Å². The molecule has 0 heterocycles. The average molecular weight is 281 g/mol. The second kappa shape index (κ2) is 7.44. The Morgan fingerprint density at radius 2 is 2.20 bits per heavy atom. The molecule has 1 aromatic carbocycles. The zero-order valence-electron chi connectivity index (χ0n) is 11.8. The standard InChI is InChI=1S/C13H19N3O4/c1-4-15-8-10-5-6-12(11(7-10)16(18)19)20-9(2)13(17)14-3/h5-7,9,15H,4,8H2,1-3H3,(H,14,17). The fourth-order valence-electron chi connectivity index (χ4n) is 1.63. The van der Waals surface area contributed by atoms with E-state index in [2.05, 4.69) is 10.6 Å². The number of carbonyl (C=O) groups is 1. The molecule has 110 valence electrons. The van der Waals surface area contributed by atoms with E-state index in [0.717, 1.165) is 12.1 Å². The molecule has 0 spiro atoms. The Labute approximate surface area is 117 Å². The lowest BCUT2D eigenvalue weighted by Gasteiger charge is -2.13. The van der Waals surface area contributed by atoms with Gasteiger partial charge in [-0.3, -0.25) is 14.9 Å². The Hall–Kier alpha value is -2.15. The number of likely N-dealkylation sites (N-methyl/N-ethyl adjacent to an activating group) is 1. The van der Waals surface area contributed by atoms with E-state index in [1.54, 1.807) is 6.07 Å². The lowest BCUT2D eigenvalue weighted by molar-refractivity contribution is -0.386. The molecule has 0 saturated carbocycles. The van der Waals surface area contributed by atoms with Gasteiger partial charge in [-0.05, 0) is 25.1 Å². The third-order valence-electron chi connectivity index (χ3n) is 2.72. The largest absolute Gasteiger partial charge is 0.474 e. The van der Waals surface area contributed by atoms with E-state index in [1.165, 1.54) is 26.1 Å². The van der Waals surface area contributed by atoms with Crippen LogP contribution in [0.5, 0.6) is 5.75 Å². The summed E-state index contributed by atoms with van der Waals surface area (Å²) in [7, 11) is 1.48. The molecule has 2 N–H and O–H groups in total. The van der Waals surface area contributed by atoms with Crippen molar-refractivity contribution in [1.82, 2.24) is 10.6 Å². The van der Waals surface area contributed by atoms with Crippen molar-refractivity contribution in [1.29, 1.82) is 0 Å². The normalized spacial score (nSPS) is 11.8. The summed E-state index contributed by atoms with van der Waals surface area (Å²) in [6.45, 7) is 4.81. The predicted octanol–water partition coefficient (Wildman–Crippen LogP) is 1.22. The van der Waals surface area contributed by atoms with Gasteiger partial charge in [-0.15, -0.1) is 0 Å². The van der Waals surface area contributed by atoms with Crippen molar-refractivity contribution >= 4 is 11.6 Å². The Morgan fingerprint density at radius 1 is 1.50 bits per heavy atom. The molecule has 0 aliphatic carbocycles. The molecule has 0 fully saturated rings. The van der Waals surface area contributed by atoms with Crippen LogP contribution < -0.4 is 15.4 Å². The highest BCUT2D eigenvalue weighted by Gasteiger charge is 2.20. The van der Waals surface area contributed by atoms with Gasteiger partial charge in [-0.25, -0.2) is 0 Å². The van der Waals surface area contributed by atoms with Crippen molar-refractivity contribution in [3.8, 4) is 5.75 Å². The number of nitro groups is 1. The Bertz CT molecular complexity index is 491. The molecule has 1 unspecified atom stereocenters. The van der Waals surface area contributed by atoms with Gasteiger partial charge in [0.2, 0.25) is 0 Å². The van der Waals surface area contributed by atoms with Crippen LogP contribution >= 0.6 is 0 Å². The minimum Gasteiger partial charge on any atom is -0.474 e. The highest BCUT2D eigenvalue weighted by molar-refractivity contribution is 5.80. The maximum absolute atomic E-state index is 11.4. The van der Waals surface area contributed by atoms with E-state index in [1.807, 2.05) is 6.92 Å². The Kier molecular flexibility index (Phi) is 5.92. The van der Waals surface area contributed by atoms with Gasteiger partial charge in [-0.2, -0.15) is 0 Å². The summed E-state index contributed by atoms with van der Waals surface area (Å²) in [5, 5.41) is 16.6. The second-order valence-corrected chi connectivity index (χ2v) is 4.21. The van der Waals surface area contributed by atoms with Crippen molar-refractivity contribution in [2.45, 2.75) is 26.5 Å². The molecule has 0 saturated heterocycles. The monoisotopic (exact) mass is 281 g/mol. The van der Waals surface area contributed by atoms with Crippen LogP contribution in [0.2, 0.25) is 0 Å². The summed E-state index contributed by atoms with van der Waals surface area (Å²) in [5.41, 5.74) is 0.648. The molecule has 20 heavy (non-hydrogen) atoms. The van der Waals surface area contributed by atoms with Crippen LogP contribution in [-0.2, 0) is 11.3 Å². The van der Waals surface area contributed by atoms with Crippen molar-refractivity contribution < 1.29 is 14.5 Å². The van der Waals surface area contributed by atoms with E-state index in [4.69, 9.17) is 4.74 Å². The van der Waals surface area contributed by atoms with Crippen LogP contribution in [0.4, 0.5) is 5.69 Å². The summed E-state index contributed by atoms with van der Waals surface area (Å²) in [6, 6.07) is 4.71. The predicted molar refractivity (Wildman–Crippen MR) is 74.6 cm³/mol. The Balaban J connectivity index is 2.95. The Morgan fingerprint density at radius 3 is 2.75 bits per heavy atom.